The van der Waals surface area contributed by atoms with Crippen molar-refractivity contribution in [2.24, 2.45) is 0 Å². The molecule has 2 nitrogen and oxygen atoms in total. The summed E-state index contributed by atoms with van der Waals surface area (Å²) >= 11 is 0. The summed E-state index contributed by atoms with van der Waals surface area (Å²) in [6.07, 6.45) is 0. The molecule has 0 saturated heterocycles. The van der Waals surface area contributed by atoms with Gasteiger partial charge in [-0.3, -0.25) is 4.79 Å². The van der Waals surface area contributed by atoms with Gasteiger partial charge in [-0.1, -0.05) is 24.3 Å². The third-order valence-electron chi connectivity index (χ3n) is 2.46. The zero-order valence-electron chi connectivity index (χ0n) is 9.49. The summed E-state index contributed by atoms with van der Waals surface area (Å²) in [6, 6.07) is 11.6. The molecule has 18 heavy (non-hydrogen) atoms. The van der Waals surface area contributed by atoms with E-state index in [9.17, 15) is 13.6 Å². The zero-order chi connectivity index (χ0) is 13.0. The monoisotopic (exact) mass is 247 g/mol. The Morgan fingerprint density at radius 3 is 2.56 bits per heavy atom. The van der Waals surface area contributed by atoms with Crippen LogP contribution in [0.1, 0.15) is 15.9 Å². The number of amides is 1. The third kappa shape index (κ3) is 2.91. The predicted octanol–water partition coefficient (Wildman–Crippen LogP) is 2.89. The van der Waals surface area contributed by atoms with Gasteiger partial charge in [-0.05, 0) is 29.8 Å². The van der Waals surface area contributed by atoms with Crippen LogP contribution in [0.15, 0.2) is 48.5 Å². The van der Waals surface area contributed by atoms with E-state index in [1.54, 1.807) is 18.2 Å². The summed E-state index contributed by atoms with van der Waals surface area (Å²) < 4.78 is 26.2. The summed E-state index contributed by atoms with van der Waals surface area (Å²) in [5, 5.41) is 2.54. The van der Waals surface area contributed by atoms with Crippen molar-refractivity contribution >= 4 is 5.91 Å². The average Bonchev–Trinajstić information content (AvgIpc) is 2.37. The van der Waals surface area contributed by atoms with Gasteiger partial charge >= 0.3 is 0 Å². The minimum Gasteiger partial charge on any atom is -0.348 e. The van der Waals surface area contributed by atoms with Gasteiger partial charge in [0.25, 0.3) is 5.91 Å². The molecule has 0 atom stereocenters. The normalized spacial score (nSPS) is 10.1. The number of carbonyl (C=O) groups is 1. The van der Waals surface area contributed by atoms with Gasteiger partial charge in [0.2, 0.25) is 0 Å². The van der Waals surface area contributed by atoms with Crippen molar-refractivity contribution in [3.63, 3.8) is 0 Å². The standard InChI is InChI=1S/C14H11F2NO/c15-11-5-3-4-10(8-11)9-17-14(18)12-6-1-2-7-13(12)16/h1-8H,9H2,(H,17,18). The lowest BCUT2D eigenvalue weighted by Crippen LogP contribution is -2.23. The van der Waals surface area contributed by atoms with Crippen LogP contribution >= 0.6 is 0 Å². The summed E-state index contributed by atoms with van der Waals surface area (Å²) in [7, 11) is 0. The molecule has 0 aromatic heterocycles. The molecule has 92 valence electrons. The molecule has 0 saturated carbocycles. The minimum absolute atomic E-state index is 0.0195. The van der Waals surface area contributed by atoms with Crippen molar-refractivity contribution in [1.29, 1.82) is 0 Å². The first-order valence-electron chi connectivity index (χ1n) is 5.44. The lowest BCUT2D eigenvalue weighted by atomic mass is 10.2. The molecule has 0 aliphatic carbocycles. The van der Waals surface area contributed by atoms with Crippen LogP contribution in [0.3, 0.4) is 0 Å². The van der Waals surface area contributed by atoms with Crippen LogP contribution in [0.25, 0.3) is 0 Å². The van der Waals surface area contributed by atoms with E-state index in [0.717, 1.165) is 0 Å². The number of hydrogen-bond donors (Lipinski definition) is 1. The second-order valence-corrected chi connectivity index (χ2v) is 3.79. The van der Waals surface area contributed by atoms with Gasteiger partial charge < -0.3 is 5.32 Å². The van der Waals surface area contributed by atoms with E-state index in [2.05, 4.69) is 5.32 Å². The SMILES string of the molecule is O=C(NCc1cccc(F)c1)c1ccccc1F. The Morgan fingerprint density at radius 1 is 1.06 bits per heavy atom. The molecule has 0 radical (unpaired) electrons. The lowest BCUT2D eigenvalue weighted by molar-refractivity contribution is 0.0947. The summed E-state index contributed by atoms with van der Waals surface area (Å²) in [4.78, 5) is 11.7. The Balaban J connectivity index is 2.03. The maximum absolute atomic E-state index is 13.3. The van der Waals surface area contributed by atoms with Gasteiger partial charge in [0.15, 0.2) is 0 Å². The molecule has 1 N–H and O–H groups in total. The molecule has 1 amide bonds. The molecule has 2 rings (SSSR count). The Labute approximate surface area is 103 Å². The Kier molecular flexibility index (Phi) is 3.67. The fourth-order valence-corrected chi connectivity index (χ4v) is 1.57. The molecule has 0 bridgehead atoms. The average molecular weight is 247 g/mol. The highest BCUT2D eigenvalue weighted by Gasteiger charge is 2.09. The molecule has 2 aromatic rings. The molecular weight excluding hydrogens is 236 g/mol. The molecule has 0 aliphatic rings. The second kappa shape index (κ2) is 5.40. The largest absolute Gasteiger partial charge is 0.348 e. The molecule has 0 aliphatic heterocycles. The van der Waals surface area contributed by atoms with Crippen LogP contribution in [0.4, 0.5) is 8.78 Å². The highest BCUT2D eigenvalue weighted by atomic mass is 19.1. The number of halogens is 2. The van der Waals surface area contributed by atoms with Crippen molar-refractivity contribution in [3.8, 4) is 0 Å². The van der Waals surface area contributed by atoms with Crippen molar-refractivity contribution in [3.05, 3.63) is 71.3 Å². The van der Waals surface area contributed by atoms with E-state index in [1.165, 1.54) is 30.3 Å². The van der Waals surface area contributed by atoms with Crippen LogP contribution in [0.5, 0.6) is 0 Å². The van der Waals surface area contributed by atoms with Gasteiger partial charge in [0.05, 0.1) is 5.56 Å². The molecule has 0 spiro atoms. The van der Waals surface area contributed by atoms with Crippen molar-refractivity contribution in [1.82, 2.24) is 5.32 Å². The zero-order valence-corrected chi connectivity index (χ0v) is 9.49. The van der Waals surface area contributed by atoms with Gasteiger partial charge in [-0.25, -0.2) is 8.78 Å². The van der Waals surface area contributed by atoms with Crippen LogP contribution in [-0.2, 0) is 6.54 Å². The highest BCUT2D eigenvalue weighted by molar-refractivity contribution is 5.94. The number of benzene rings is 2. The van der Waals surface area contributed by atoms with Crippen LogP contribution in [-0.4, -0.2) is 5.91 Å². The Hall–Kier alpha value is -2.23. The Morgan fingerprint density at radius 2 is 1.83 bits per heavy atom. The number of nitrogens with one attached hydrogen (secondary N) is 1. The smallest absolute Gasteiger partial charge is 0.254 e. The second-order valence-electron chi connectivity index (χ2n) is 3.79. The molecular formula is C14H11F2NO. The van der Waals surface area contributed by atoms with E-state index >= 15 is 0 Å². The fraction of sp³-hybridized carbons (Fsp3) is 0.0714. The lowest BCUT2D eigenvalue weighted by Gasteiger charge is -2.06. The van der Waals surface area contributed by atoms with E-state index in [4.69, 9.17) is 0 Å². The van der Waals surface area contributed by atoms with E-state index in [1.807, 2.05) is 0 Å². The highest BCUT2D eigenvalue weighted by Crippen LogP contribution is 2.07. The molecule has 0 heterocycles. The Bertz CT molecular complexity index is 569. The maximum Gasteiger partial charge on any atom is 0.254 e. The minimum atomic E-state index is -0.575. The van der Waals surface area contributed by atoms with Gasteiger partial charge in [-0.15, -0.1) is 0 Å². The van der Waals surface area contributed by atoms with Gasteiger partial charge in [-0.2, -0.15) is 0 Å². The number of hydrogen-bond acceptors (Lipinski definition) is 1. The molecule has 2 aromatic carbocycles. The number of rotatable bonds is 3. The predicted molar refractivity (Wildman–Crippen MR) is 64.0 cm³/mol. The first-order chi connectivity index (χ1) is 8.66. The van der Waals surface area contributed by atoms with Crippen LogP contribution in [0.2, 0.25) is 0 Å². The van der Waals surface area contributed by atoms with Crippen molar-refractivity contribution in [2.75, 3.05) is 0 Å². The van der Waals surface area contributed by atoms with Crippen LogP contribution in [0, 0.1) is 11.6 Å². The van der Waals surface area contributed by atoms with Crippen molar-refractivity contribution < 1.29 is 13.6 Å². The first kappa shape index (κ1) is 12.2. The topological polar surface area (TPSA) is 29.1 Å². The van der Waals surface area contributed by atoms with Crippen molar-refractivity contribution in [2.45, 2.75) is 6.54 Å². The third-order valence-corrected chi connectivity index (χ3v) is 2.46. The van der Waals surface area contributed by atoms with Gasteiger partial charge in [0, 0.05) is 6.54 Å². The quantitative estimate of drug-likeness (QED) is 0.887. The van der Waals surface area contributed by atoms with E-state index in [-0.39, 0.29) is 17.9 Å². The summed E-state index contributed by atoms with van der Waals surface area (Å²) in [5.74, 6) is -1.46. The first-order valence-corrected chi connectivity index (χ1v) is 5.44. The fourth-order valence-electron chi connectivity index (χ4n) is 1.57. The van der Waals surface area contributed by atoms with E-state index in [0.29, 0.717) is 5.56 Å². The van der Waals surface area contributed by atoms with Gasteiger partial charge in [0.1, 0.15) is 11.6 Å². The molecule has 0 fully saturated rings. The van der Waals surface area contributed by atoms with E-state index < -0.39 is 11.7 Å². The number of carbonyl (C=O) groups excluding carboxylic acids is 1. The van der Waals surface area contributed by atoms with Crippen LogP contribution < -0.4 is 5.32 Å². The molecule has 4 heteroatoms. The maximum atomic E-state index is 13.3. The molecule has 0 unspecified atom stereocenters. The summed E-state index contributed by atoms with van der Waals surface area (Å²) in [6.45, 7) is 0.158. The summed E-state index contributed by atoms with van der Waals surface area (Å²) in [5.41, 5.74) is 0.605.